The van der Waals surface area contributed by atoms with Crippen LogP contribution in [0.2, 0.25) is 0 Å². The average Bonchev–Trinajstić information content (AvgIpc) is 3.08. The normalized spacial score (nSPS) is 14.9. The average molecular weight is 441 g/mol. The van der Waals surface area contributed by atoms with Crippen LogP contribution in [0.1, 0.15) is 22.5 Å². The second-order valence-corrected chi connectivity index (χ2v) is 8.60. The summed E-state index contributed by atoms with van der Waals surface area (Å²) in [4.78, 5) is 22.0. The number of likely N-dealkylation sites (N-methyl/N-ethyl adjacent to an activating group) is 1. The Hall–Kier alpha value is -3.71. The topological polar surface area (TPSA) is 65.8 Å². The van der Waals surface area contributed by atoms with Crippen molar-refractivity contribution >= 4 is 23.1 Å². The second kappa shape index (κ2) is 9.03. The fourth-order valence-electron chi connectivity index (χ4n) is 4.21. The van der Waals surface area contributed by atoms with E-state index in [0.29, 0.717) is 5.56 Å². The van der Waals surface area contributed by atoms with Gasteiger partial charge in [0, 0.05) is 48.6 Å². The highest BCUT2D eigenvalue weighted by atomic mass is 16.2. The number of nitrogens with one attached hydrogen (secondary N) is 1. The number of aromatic nitrogens is 3. The number of amides is 1. The Balaban J connectivity index is 1.40. The molecule has 1 saturated heterocycles. The fraction of sp³-hybridized carbons (Fsp3) is 0.269. The number of aryl methyl sites for hydroxylation is 1. The van der Waals surface area contributed by atoms with E-state index in [0.717, 1.165) is 66.7 Å². The molecule has 7 heteroatoms. The molecule has 0 spiro atoms. The lowest BCUT2D eigenvalue weighted by atomic mass is 10.1. The maximum Gasteiger partial charge on any atom is 0.253 e. The first-order chi connectivity index (χ1) is 16.1. The van der Waals surface area contributed by atoms with Crippen molar-refractivity contribution in [3.8, 4) is 11.3 Å². The van der Waals surface area contributed by atoms with Crippen LogP contribution in [-0.4, -0.2) is 63.5 Å². The van der Waals surface area contributed by atoms with E-state index in [1.807, 2.05) is 83.1 Å². The number of benzene rings is 2. The molecule has 0 unspecified atom stereocenters. The summed E-state index contributed by atoms with van der Waals surface area (Å²) in [6, 6.07) is 21.8. The Bertz CT molecular complexity index is 1270. The number of rotatable bonds is 4. The molecule has 2 aromatic carbocycles. The zero-order chi connectivity index (χ0) is 22.8. The van der Waals surface area contributed by atoms with E-state index in [1.54, 1.807) is 0 Å². The molecule has 0 bridgehead atoms. The molecular formula is C26H28N6O. The summed E-state index contributed by atoms with van der Waals surface area (Å²) in [5.41, 5.74) is 5.22. The Labute approximate surface area is 193 Å². The summed E-state index contributed by atoms with van der Waals surface area (Å²) in [7, 11) is 2.11. The highest BCUT2D eigenvalue weighted by Gasteiger charge is 2.19. The van der Waals surface area contributed by atoms with Crippen LogP contribution >= 0.6 is 0 Å². The zero-order valence-electron chi connectivity index (χ0n) is 19.0. The highest BCUT2D eigenvalue weighted by molar-refractivity contribution is 5.94. The molecule has 4 aromatic rings. The van der Waals surface area contributed by atoms with Gasteiger partial charge in [-0.15, -0.1) is 0 Å². The molecule has 0 radical (unpaired) electrons. The van der Waals surface area contributed by atoms with Gasteiger partial charge in [-0.2, -0.15) is 9.61 Å². The number of hydrogen-bond acceptors (Lipinski definition) is 5. The van der Waals surface area contributed by atoms with Crippen LogP contribution in [0.5, 0.6) is 0 Å². The van der Waals surface area contributed by atoms with Gasteiger partial charge in [-0.05, 0) is 51.2 Å². The Kier molecular flexibility index (Phi) is 5.79. The molecule has 1 aliphatic rings. The van der Waals surface area contributed by atoms with E-state index in [4.69, 9.17) is 4.98 Å². The monoisotopic (exact) mass is 440 g/mol. The lowest BCUT2D eigenvalue weighted by molar-refractivity contribution is 0.0763. The number of carbonyl (C=O) groups excluding carboxylic acids is 1. The maximum absolute atomic E-state index is 13.0. The predicted octanol–water partition coefficient (Wildman–Crippen LogP) is 4.23. The van der Waals surface area contributed by atoms with E-state index in [2.05, 4.69) is 22.4 Å². The molecule has 0 atom stereocenters. The summed E-state index contributed by atoms with van der Waals surface area (Å²) in [5, 5.41) is 8.05. The molecule has 33 heavy (non-hydrogen) atoms. The Morgan fingerprint density at radius 1 is 0.939 bits per heavy atom. The lowest BCUT2D eigenvalue weighted by Crippen LogP contribution is -2.34. The van der Waals surface area contributed by atoms with Crippen LogP contribution in [0.4, 0.5) is 11.5 Å². The molecule has 3 heterocycles. The van der Waals surface area contributed by atoms with Crippen molar-refractivity contribution in [2.24, 2.45) is 0 Å². The van der Waals surface area contributed by atoms with Gasteiger partial charge < -0.3 is 15.1 Å². The van der Waals surface area contributed by atoms with Gasteiger partial charge in [-0.3, -0.25) is 4.79 Å². The van der Waals surface area contributed by atoms with Gasteiger partial charge in [0.1, 0.15) is 5.82 Å². The fourth-order valence-corrected chi connectivity index (χ4v) is 4.21. The molecular weight excluding hydrogens is 412 g/mol. The minimum Gasteiger partial charge on any atom is -0.340 e. The number of nitrogens with zero attached hydrogens (tertiary/aromatic N) is 5. The SMILES string of the molecule is Cc1cc2nc(-c3ccccc3)cc(Nc3ccc(C(=O)N4CCCN(C)CC4)cc3)n2n1. The summed E-state index contributed by atoms with van der Waals surface area (Å²) < 4.78 is 1.81. The standard InChI is InChI=1S/C26H28N6O/c1-19-17-24-28-23(20-7-4-3-5-8-20)18-25(32(24)29-19)27-22-11-9-21(10-12-22)26(33)31-14-6-13-30(2)15-16-31/h3-5,7-12,17-18,27H,6,13-16H2,1-2H3. The largest absolute Gasteiger partial charge is 0.340 e. The number of carbonyl (C=O) groups is 1. The Morgan fingerprint density at radius 2 is 1.73 bits per heavy atom. The third kappa shape index (κ3) is 4.59. The first-order valence-electron chi connectivity index (χ1n) is 11.3. The molecule has 0 saturated carbocycles. The third-order valence-corrected chi connectivity index (χ3v) is 6.03. The zero-order valence-corrected chi connectivity index (χ0v) is 19.0. The van der Waals surface area contributed by atoms with Crippen LogP contribution in [0.3, 0.4) is 0 Å². The first kappa shape index (κ1) is 21.2. The van der Waals surface area contributed by atoms with Gasteiger partial charge in [0.05, 0.1) is 11.4 Å². The van der Waals surface area contributed by atoms with Crippen molar-refractivity contribution in [2.45, 2.75) is 13.3 Å². The molecule has 5 rings (SSSR count). The van der Waals surface area contributed by atoms with Crippen LogP contribution < -0.4 is 5.32 Å². The van der Waals surface area contributed by atoms with Crippen molar-refractivity contribution in [1.29, 1.82) is 0 Å². The molecule has 2 aromatic heterocycles. The van der Waals surface area contributed by atoms with Crippen molar-refractivity contribution < 1.29 is 4.79 Å². The van der Waals surface area contributed by atoms with Gasteiger partial charge in [0.25, 0.3) is 5.91 Å². The van der Waals surface area contributed by atoms with Gasteiger partial charge in [-0.25, -0.2) is 4.98 Å². The molecule has 0 aliphatic carbocycles. The van der Waals surface area contributed by atoms with E-state index >= 15 is 0 Å². The van der Waals surface area contributed by atoms with E-state index in [1.165, 1.54) is 0 Å². The summed E-state index contributed by atoms with van der Waals surface area (Å²) in [5.74, 6) is 0.916. The number of fused-ring (bicyclic) bond motifs is 1. The van der Waals surface area contributed by atoms with Gasteiger partial charge in [-0.1, -0.05) is 30.3 Å². The maximum atomic E-state index is 13.0. The molecule has 1 amide bonds. The van der Waals surface area contributed by atoms with E-state index < -0.39 is 0 Å². The molecule has 168 valence electrons. The first-order valence-corrected chi connectivity index (χ1v) is 11.3. The lowest BCUT2D eigenvalue weighted by Gasteiger charge is -2.20. The van der Waals surface area contributed by atoms with Crippen molar-refractivity contribution in [2.75, 3.05) is 38.5 Å². The van der Waals surface area contributed by atoms with Crippen LogP contribution in [-0.2, 0) is 0 Å². The third-order valence-electron chi connectivity index (χ3n) is 6.03. The van der Waals surface area contributed by atoms with Gasteiger partial charge in [0.15, 0.2) is 5.65 Å². The van der Waals surface area contributed by atoms with Crippen molar-refractivity contribution in [1.82, 2.24) is 24.4 Å². The van der Waals surface area contributed by atoms with Gasteiger partial charge >= 0.3 is 0 Å². The number of anilines is 2. The van der Waals surface area contributed by atoms with Crippen molar-refractivity contribution in [3.05, 3.63) is 78.0 Å². The Morgan fingerprint density at radius 3 is 2.52 bits per heavy atom. The molecule has 7 nitrogen and oxygen atoms in total. The smallest absolute Gasteiger partial charge is 0.253 e. The summed E-state index contributed by atoms with van der Waals surface area (Å²) in [6.45, 7) is 5.48. The molecule has 1 N–H and O–H groups in total. The number of hydrogen-bond donors (Lipinski definition) is 1. The van der Waals surface area contributed by atoms with Crippen LogP contribution in [0.15, 0.2) is 66.7 Å². The van der Waals surface area contributed by atoms with Crippen LogP contribution in [0, 0.1) is 6.92 Å². The second-order valence-electron chi connectivity index (χ2n) is 8.60. The van der Waals surface area contributed by atoms with E-state index in [9.17, 15) is 4.79 Å². The van der Waals surface area contributed by atoms with Crippen molar-refractivity contribution in [3.63, 3.8) is 0 Å². The minimum absolute atomic E-state index is 0.0946. The van der Waals surface area contributed by atoms with E-state index in [-0.39, 0.29) is 5.91 Å². The van der Waals surface area contributed by atoms with Crippen LogP contribution in [0.25, 0.3) is 16.9 Å². The molecule has 1 aliphatic heterocycles. The molecule has 1 fully saturated rings. The minimum atomic E-state index is 0.0946. The summed E-state index contributed by atoms with van der Waals surface area (Å²) >= 11 is 0. The van der Waals surface area contributed by atoms with Gasteiger partial charge in [0.2, 0.25) is 0 Å². The highest BCUT2D eigenvalue weighted by Crippen LogP contribution is 2.25. The predicted molar refractivity (Wildman–Crippen MR) is 131 cm³/mol. The summed E-state index contributed by atoms with van der Waals surface area (Å²) in [6.07, 6.45) is 1.01. The quantitative estimate of drug-likeness (QED) is 0.515.